The summed E-state index contributed by atoms with van der Waals surface area (Å²) in [5.41, 5.74) is 2.49. The Bertz CT molecular complexity index is 759. The van der Waals surface area contributed by atoms with Gasteiger partial charge in [-0.15, -0.1) is 23.7 Å². The van der Waals surface area contributed by atoms with E-state index in [-0.39, 0.29) is 18.4 Å². The molecule has 7 heteroatoms. The van der Waals surface area contributed by atoms with Crippen LogP contribution in [0.15, 0.2) is 40.6 Å². The van der Waals surface area contributed by atoms with Gasteiger partial charge in [0.05, 0.1) is 0 Å². The number of hydrogen-bond donors (Lipinski definition) is 2. The molecule has 3 rings (SSSR count). The van der Waals surface area contributed by atoms with Crippen molar-refractivity contribution in [3.63, 3.8) is 0 Å². The molecular formula is C16H21ClN2O2S2. The average molecular weight is 373 g/mol. The van der Waals surface area contributed by atoms with Gasteiger partial charge in [-0.1, -0.05) is 31.2 Å². The normalized spacial score (nSPS) is 17.3. The third-order valence-corrected chi connectivity index (χ3v) is 7.09. The number of nitrogens with one attached hydrogen (secondary N) is 2. The zero-order valence-corrected chi connectivity index (χ0v) is 15.4. The van der Waals surface area contributed by atoms with Crippen molar-refractivity contribution >= 4 is 33.8 Å². The van der Waals surface area contributed by atoms with Crippen LogP contribution in [0.3, 0.4) is 0 Å². The van der Waals surface area contributed by atoms with Crippen LogP contribution in [-0.4, -0.2) is 21.5 Å². The van der Waals surface area contributed by atoms with Gasteiger partial charge < -0.3 is 5.32 Å². The number of benzene rings is 1. The minimum atomic E-state index is -3.42. The molecule has 4 nitrogen and oxygen atoms in total. The van der Waals surface area contributed by atoms with E-state index in [2.05, 4.69) is 22.2 Å². The Morgan fingerprint density at radius 1 is 1.26 bits per heavy atom. The molecule has 0 saturated carbocycles. The van der Waals surface area contributed by atoms with Crippen molar-refractivity contribution in [3.05, 3.63) is 52.4 Å². The smallest absolute Gasteiger partial charge is 0.250 e. The SMILES string of the molecule is CCc1ccc(S(=O)(=O)NCC2NCCc3ccccc32)s1.Cl. The molecule has 1 aliphatic heterocycles. The van der Waals surface area contributed by atoms with Crippen LogP contribution in [0, 0.1) is 0 Å². The molecule has 1 aliphatic rings. The van der Waals surface area contributed by atoms with Gasteiger partial charge in [0.25, 0.3) is 0 Å². The fraction of sp³-hybridized carbons (Fsp3) is 0.375. The molecular weight excluding hydrogens is 352 g/mol. The van der Waals surface area contributed by atoms with Gasteiger partial charge in [-0.2, -0.15) is 0 Å². The average Bonchev–Trinajstić information content (AvgIpc) is 3.03. The summed E-state index contributed by atoms with van der Waals surface area (Å²) in [4.78, 5) is 1.08. The Morgan fingerprint density at radius 2 is 2.04 bits per heavy atom. The second-order valence-corrected chi connectivity index (χ2v) is 8.54. The second-order valence-electron chi connectivity index (χ2n) is 5.38. The summed E-state index contributed by atoms with van der Waals surface area (Å²) in [7, 11) is -3.42. The van der Waals surface area contributed by atoms with Gasteiger partial charge in [0.15, 0.2) is 0 Å². The summed E-state index contributed by atoms with van der Waals surface area (Å²) in [6.07, 6.45) is 1.85. The van der Waals surface area contributed by atoms with Gasteiger partial charge in [-0.05, 0) is 42.6 Å². The maximum atomic E-state index is 12.4. The highest BCUT2D eigenvalue weighted by atomic mass is 35.5. The zero-order valence-electron chi connectivity index (χ0n) is 12.9. The lowest BCUT2D eigenvalue weighted by molar-refractivity contribution is 0.492. The number of sulfonamides is 1. The van der Waals surface area contributed by atoms with Crippen LogP contribution in [0.1, 0.15) is 29.0 Å². The predicted molar refractivity (Wildman–Crippen MR) is 97.0 cm³/mol. The summed E-state index contributed by atoms with van der Waals surface area (Å²) >= 11 is 1.34. The van der Waals surface area contributed by atoms with Crippen LogP contribution >= 0.6 is 23.7 Å². The van der Waals surface area contributed by atoms with Gasteiger partial charge in [-0.25, -0.2) is 13.1 Å². The quantitative estimate of drug-likeness (QED) is 0.848. The first-order valence-corrected chi connectivity index (χ1v) is 9.79. The standard InChI is InChI=1S/C16H20N2O2S2.ClH/c1-2-13-7-8-16(21-13)22(19,20)18-11-15-14-6-4-3-5-12(14)9-10-17-15;/h3-8,15,17-18H,2,9-11H2,1H3;1H. The van der Waals surface area contributed by atoms with Crippen LogP contribution in [-0.2, 0) is 22.9 Å². The number of rotatable bonds is 5. The molecule has 23 heavy (non-hydrogen) atoms. The maximum absolute atomic E-state index is 12.4. The Hall–Kier alpha value is -0.920. The molecule has 2 heterocycles. The number of aryl methyl sites for hydroxylation is 1. The number of hydrogen-bond acceptors (Lipinski definition) is 4. The van der Waals surface area contributed by atoms with Crippen LogP contribution in [0.2, 0.25) is 0 Å². The molecule has 0 aliphatic carbocycles. The van der Waals surface area contributed by atoms with E-state index in [0.29, 0.717) is 10.8 Å². The van der Waals surface area contributed by atoms with Crippen molar-refractivity contribution in [2.75, 3.05) is 13.1 Å². The molecule has 1 atom stereocenters. The minimum absolute atomic E-state index is 0. The Labute approximate surface area is 147 Å². The molecule has 1 unspecified atom stereocenters. The summed E-state index contributed by atoms with van der Waals surface area (Å²) in [5, 5.41) is 3.39. The summed E-state index contributed by atoms with van der Waals surface area (Å²) in [5.74, 6) is 0. The Balaban J connectivity index is 0.00000192. The van der Waals surface area contributed by atoms with Crippen molar-refractivity contribution in [2.45, 2.75) is 30.0 Å². The van der Waals surface area contributed by atoms with Gasteiger partial charge in [0, 0.05) is 17.5 Å². The lowest BCUT2D eigenvalue weighted by Gasteiger charge is -2.27. The molecule has 2 aromatic rings. The first kappa shape index (κ1) is 18.4. The topological polar surface area (TPSA) is 58.2 Å². The highest BCUT2D eigenvalue weighted by Crippen LogP contribution is 2.24. The second kappa shape index (κ2) is 7.77. The predicted octanol–water partition coefficient (Wildman–Crippen LogP) is 2.90. The van der Waals surface area contributed by atoms with Crippen molar-refractivity contribution in [1.82, 2.24) is 10.0 Å². The third kappa shape index (κ3) is 4.14. The molecule has 0 radical (unpaired) electrons. The number of thiophene rings is 1. The Kier molecular flexibility index (Phi) is 6.22. The Morgan fingerprint density at radius 3 is 2.78 bits per heavy atom. The highest BCUT2D eigenvalue weighted by molar-refractivity contribution is 7.91. The van der Waals surface area contributed by atoms with E-state index in [0.717, 1.165) is 24.3 Å². The number of fused-ring (bicyclic) bond motifs is 1. The van der Waals surface area contributed by atoms with Crippen molar-refractivity contribution in [3.8, 4) is 0 Å². The largest absolute Gasteiger partial charge is 0.308 e. The van der Waals surface area contributed by atoms with Crippen LogP contribution in [0.4, 0.5) is 0 Å². The fourth-order valence-corrected chi connectivity index (χ4v) is 5.12. The van der Waals surface area contributed by atoms with Gasteiger partial charge in [0.1, 0.15) is 4.21 Å². The van der Waals surface area contributed by atoms with E-state index in [1.165, 1.54) is 22.5 Å². The van der Waals surface area contributed by atoms with Crippen molar-refractivity contribution in [2.24, 2.45) is 0 Å². The van der Waals surface area contributed by atoms with E-state index in [1.54, 1.807) is 6.07 Å². The van der Waals surface area contributed by atoms with E-state index < -0.39 is 10.0 Å². The van der Waals surface area contributed by atoms with E-state index >= 15 is 0 Å². The molecule has 1 aromatic carbocycles. The lowest BCUT2D eigenvalue weighted by Crippen LogP contribution is -2.38. The first-order chi connectivity index (χ1) is 10.6. The molecule has 2 N–H and O–H groups in total. The molecule has 0 spiro atoms. The van der Waals surface area contributed by atoms with Gasteiger partial charge in [-0.3, -0.25) is 0 Å². The highest BCUT2D eigenvalue weighted by Gasteiger charge is 2.22. The molecule has 1 aromatic heterocycles. The van der Waals surface area contributed by atoms with E-state index in [1.807, 2.05) is 25.1 Å². The summed E-state index contributed by atoms with van der Waals surface area (Å²) in [6, 6.07) is 11.8. The van der Waals surface area contributed by atoms with E-state index in [4.69, 9.17) is 0 Å². The number of halogens is 1. The van der Waals surface area contributed by atoms with E-state index in [9.17, 15) is 8.42 Å². The molecule has 0 bridgehead atoms. The van der Waals surface area contributed by atoms with Crippen LogP contribution in [0.5, 0.6) is 0 Å². The third-order valence-electron chi connectivity index (χ3n) is 3.94. The van der Waals surface area contributed by atoms with Crippen molar-refractivity contribution in [1.29, 1.82) is 0 Å². The lowest BCUT2D eigenvalue weighted by atomic mass is 9.95. The molecule has 0 fully saturated rings. The minimum Gasteiger partial charge on any atom is -0.308 e. The summed E-state index contributed by atoms with van der Waals surface area (Å²) in [6.45, 7) is 3.28. The fourth-order valence-electron chi connectivity index (χ4n) is 2.73. The van der Waals surface area contributed by atoms with Gasteiger partial charge in [0.2, 0.25) is 10.0 Å². The molecule has 126 valence electrons. The first-order valence-electron chi connectivity index (χ1n) is 7.49. The van der Waals surface area contributed by atoms with Crippen LogP contribution < -0.4 is 10.0 Å². The van der Waals surface area contributed by atoms with Gasteiger partial charge >= 0.3 is 0 Å². The molecule has 0 saturated heterocycles. The zero-order chi connectivity index (χ0) is 15.6. The summed E-state index contributed by atoms with van der Waals surface area (Å²) < 4.78 is 27.9. The molecule has 0 amide bonds. The monoisotopic (exact) mass is 372 g/mol. The maximum Gasteiger partial charge on any atom is 0.250 e. The van der Waals surface area contributed by atoms with Crippen LogP contribution in [0.25, 0.3) is 0 Å². The van der Waals surface area contributed by atoms with Crippen molar-refractivity contribution < 1.29 is 8.42 Å².